The molecule has 0 bridgehead atoms. The Kier molecular flexibility index (Phi) is 7.12. The smallest absolute Gasteiger partial charge is 0.280 e. The minimum Gasteiger partial charge on any atom is -0.340 e. The van der Waals surface area contributed by atoms with Gasteiger partial charge in [-0.1, -0.05) is 0 Å². The monoisotopic (exact) mass is 302 g/mol. The molecule has 1 saturated heterocycles. The van der Waals surface area contributed by atoms with Crippen LogP contribution in [-0.2, 0) is 0 Å². The molecule has 0 aromatic carbocycles. The number of aromatic nitrogens is 2. The largest absolute Gasteiger partial charge is 0.340 e. The van der Waals surface area contributed by atoms with Gasteiger partial charge in [-0.3, -0.25) is 9.78 Å². The zero-order valence-electron chi connectivity index (χ0n) is 9.36. The average molecular weight is 303 g/mol. The van der Waals surface area contributed by atoms with Crippen molar-refractivity contribution < 1.29 is 8.78 Å². The number of hydrogen-bond acceptors (Lipinski definition) is 4. The van der Waals surface area contributed by atoms with E-state index in [1.54, 1.807) is 4.90 Å². The van der Waals surface area contributed by atoms with E-state index in [2.05, 4.69) is 15.3 Å². The Bertz CT molecular complexity index is 423. The molecule has 1 aromatic rings. The molecule has 0 aliphatic carbocycles. The molecule has 0 radical (unpaired) electrons. The van der Waals surface area contributed by atoms with Gasteiger partial charge >= 0.3 is 0 Å². The first-order valence-electron chi connectivity index (χ1n) is 5.02. The van der Waals surface area contributed by atoms with Crippen LogP contribution in [0, 0.1) is 0 Å². The molecule has 0 unspecified atom stereocenters. The van der Waals surface area contributed by atoms with Crippen LogP contribution in [0.25, 0.3) is 0 Å². The lowest BCUT2D eigenvalue weighted by Crippen LogP contribution is -2.44. The lowest BCUT2D eigenvalue weighted by Gasteiger charge is -2.27. The number of alkyl halides is 2. The van der Waals surface area contributed by atoms with E-state index in [4.69, 9.17) is 0 Å². The van der Waals surface area contributed by atoms with Crippen LogP contribution in [-0.4, -0.2) is 36.1 Å². The number of piperazine rings is 1. The van der Waals surface area contributed by atoms with Crippen molar-refractivity contribution in [3.8, 4) is 0 Å². The molecule has 9 heteroatoms. The van der Waals surface area contributed by atoms with Gasteiger partial charge in [0.25, 0.3) is 12.0 Å². The number of halogens is 4. The molecule has 104 valence electrons. The number of anilines is 1. The van der Waals surface area contributed by atoms with E-state index in [1.165, 1.54) is 0 Å². The maximum absolute atomic E-state index is 12.4. The summed E-state index contributed by atoms with van der Waals surface area (Å²) in [5, 5.41) is 3.13. The minimum atomic E-state index is -2.72. The van der Waals surface area contributed by atoms with Crippen molar-refractivity contribution in [2.45, 2.75) is 6.43 Å². The second kappa shape index (κ2) is 7.50. The summed E-state index contributed by atoms with van der Waals surface area (Å²) < 4.78 is 24.9. The maximum atomic E-state index is 12.4. The quantitative estimate of drug-likeness (QED) is 0.854. The summed E-state index contributed by atoms with van der Waals surface area (Å²) in [5.41, 5.74) is -1.02. The van der Waals surface area contributed by atoms with Crippen LogP contribution in [0.5, 0.6) is 0 Å². The van der Waals surface area contributed by atoms with E-state index in [9.17, 15) is 13.6 Å². The van der Waals surface area contributed by atoms with E-state index >= 15 is 0 Å². The first-order chi connectivity index (χ1) is 7.66. The van der Waals surface area contributed by atoms with Crippen LogP contribution >= 0.6 is 24.8 Å². The Morgan fingerprint density at radius 3 is 2.44 bits per heavy atom. The molecule has 1 aliphatic rings. The highest BCUT2D eigenvalue weighted by Gasteiger charge is 2.16. The fourth-order valence-electron chi connectivity index (χ4n) is 1.60. The normalized spacial score (nSPS) is 14.9. The van der Waals surface area contributed by atoms with Gasteiger partial charge in [0.1, 0.15) is 5.69 Å². The van der Waals surface area contributed by atoms with Crippen molar-refractivity contribution in [1.82, 2.24) is 15.3 Å². The molecule has 1 aromatic heterocycles. The van der Waals surface area contributed by atoms with Crippen LogP contribution < -0.4 is 15.8 Å². The van der Waals surface area contributed by atoms with Crippen molar-refractivity contribution in [1.29, 1.82) is 0 Å². The van der Waals surface area contributed by atoms with Crippen LogP contribution in [0.4, 0.5) is 14.7 Å². The molecular formula is C9H14Cl2F2N4O. The van der Waals surface area contributed by atoms with Gasteiger partial charge in [-0.15, -0.1) is 24.8 Å². The van der Waals surface area contributed by atoms with Crippen LogP contribution in [0.3, 0.4) is 0 Å². The first-order valence-corrected chi connectivity index (χ1v) is 5.02. The number of H-pyrrole nitrogens is 1. The van der Waals surface area contributed by atoms with Gasteiger partial charge in [0.2, 0.25) is 5.95 Å². The number of aromatic amines is 1. The van der Waals surface area contributed by atoms with E-state index in [0.29, 0.717) is 13.1 Å². The fraction of sp³-hybridized carbons (Fsp3) is 0.556. The third kappa shape index (κ3) is 4.08. The van der Waals surface area contributed by atoms with Crippen LogP contribution in [0.1, 0.15) is 12.1 Å². The van der Waals surface area contributed by atoms with Crippen LogP contribution in [0.15, 0.2) is 10.9 Å². The predicted molar refractivity (Wildman–Crippen MR) is 69.4 cm³/mol. The Balaban J connectivity index is 0.00000144. The average Bonchev–Trinajstić information content (AvgIpc) is 2.29. The lowest BCUT2D eigenvalue weighted by atomic mass is 10.4. The minimum absolute atomic E-state index is 0. The summed E-state index contributed by atoms with van der Waals surface area (Å²) in [6, 6.07) is 0.830. The summed E-state index contributed by atoms with van der Waals surface area (Å²) in [5.74, 6) is 0.226. The van der Waals surface area contributed by atoms with Gasteiger partial charge in [0.05, 0.1) is 0 Å². The molecular weight excluding hydrogens is 289 g/mol. The Morgan fingerprint density at radius 2 is 1.89 bits per heavy atom. The van der Waals surface area contributed by atoms with Gasteiger partial charge in [-0.25, -0.2) is 13.8 Å². The van der Waals surface area contributed by atoms with E-state index in [-0.39, 0.29) is 30.8 Å². The van der Waals surface area contributed by atoms with Gasteiger partial charge in [-0.05, 0) is 0 Å². The number of nitrogens with one attached hydrogen (secondary N) is 2. The van der Waals surface area contributed by atoms with E-state index < -0.39 is 17.7 Å². The van der Waals surface area contributed by atoms with Gasteiger partial charge in [-0.2, -0.15) is 0 Å². The molecule has 0 amide bonds. The van der Waals surface area contributed by atoms with Gasteiger partial charge < -0.3 is 10.2 Å². The highest BCUT2D eigenvalue weighted by Crippen LogP contribution is 2.16. The molecule has 1 aliphatic heterocycles. The lowest BCUT2D eigenvalue weighted by molar-refractivity contribution is 0.146. The molecule has 2 N–H and O–H groups in total. The van der Waals surface area contributed by atoms with Crippen LogP contribution in [0.2, 0.25) is 0 Å². The third-order valence-electron chi connectivity index (χ3n) is 2.39. The Labute approximate surface area is 115 Å². The zero-order valence-corrected chi connectivity index (χ0v) is 11.0. The zero-order chi connectivity index (χ0) is 11.5. The summed E-state index contributed by atoms with van der Waals surface area (Å²) >= 11 is 0. The van der Waals surface area contributed by atoms with Gasteiger partial charge in [0.15, 0.2) is 0 Å². The summed E-state index contributed by atoms with van der Waals surface area (Å²) in [6.45, 7) is 2.80. The van der Waals surface area contributed by atoms with E-state index in [1.807, 2.05) is 0 Å². The molecule has 5 nitrogen and oxygen atoms in total. The standard InChI is InChI=1S/C9H12F2N4O.2ClH/c10-8(11)6-5-7(16)14-9(13-6)15-3-1-12-2-4-15;;/h5,8,12H,1-4H2,(H,13,14,16);2*1H. The summed E-state index contributed by atoms with van der Waals surface area (Å²) in [7, 11) is 0. The van der Waals surface area contributed by atoms with Crippen molar-refractivity contribution >= 4 is 30.8 Å². The highest BCUT2D eigenvalue weighted by atomic mass is 35.5. The summed E-state index contributed by atoms with van der Waals surface area (Å²) in [4.78, 5) is 19.2. The molecule has 0 saturated carbocycles. The molecule has 0 spiro atoms. The Morgan fingerprint density at radius 1 is 1.28 bits per heavy atom. The van der Waals surface area contributed by atoms with Crippen molar-refractivity contribution in [2.24, 2.45) is 0 Å². The molecule has 1 fully saturated rings. The second-order valence-electron chi connectivity index (χ2n) is 3.53. The Hall–Kier alpha value is -0.920. The van der Waals surface area contributed by atoms with Crippen molar-refractivity contribution in [3.05, 3.63) is 22.1 Å². The first kappa shape index (κ1) is 17.1. The third-order valence-corrected chi connectivity index (χ3v) is 2.39. The molecule has 18 heavy (non-hydrogen) atoms. The second-order valence-corrected chi connectivity index (χ2v) is 3.53. The van der Waals surface area contributed by atoms with Crippen molar-refractivity contribution in [2.75, 3.05) is 31.1 Å². The maximum Gasteiger partial charge on any atom is 0.280 e. The van der Waals surface area contributed by atoms with Gasteiger partial charge in [0, 0.05) is 32.2 Å². The number of nitrogens with zero attached hydrogens (tertiary/aromatic N) is 2. The predicted octanol–water partition coefficient (Wildman–Crippen LogP) is 0.961. The van der Waals surface area contributed by atoms with Crippen molar-refractivity contribution in [3.63, 3.8) is 0 Å². The molecule has 0 atom stereocenters. The number of rotatable bonds is 2. The SMILES string of the molecule is Cl.Cl.O=c1cc(C(F)F)nc(N2CCNCC2)[nH]1. The fourth-order valence-corrected chi connectivity index (χ4v) is 1.60. The van der Waals surface area contributed by atoms with E-state index in [0.717, 1.165) is 19.2 Å². The highest BCUT2D eigenvalue weighted by molar-refractivity contribution is 5.85. The summed E-state index contributed by atoms with van der Waals surface area (Å²) in [6.07, 6.45) is -2.72. The topological polar surface area (TPSA) is 61.0 Å². The number of hydrogen-bond donors (Lipinski definition) is 2. The molecule has 2 rings (SSSR count). The molecule has 2 heterocycles.